The molecule has 0 aromatic heterocycles. The first-order valence-electron chi connectivity index (χ1n) is 8.14. The van der Waals surface area contributed by atoms with Gasteiger partial charge in [-0.1, -0.05) is 49.6 Å². The van der Waals surface area contributed by atoms with Crippen molar-refractivity contribution >= 4 is 18.0 Å². The summed E-state index contributed by atoms with van der Waals surface area (Å²) in [5.74, 6) is -0.675. The van der Waals surface area contributed by atoms with Crippen LogP contribution in [0, 0.1) is 5.92 Å². The quantitative estimate of drug-likeness (QED) is 0.406. The number of carbonyl (C=O) groups excluding carboxylic acids is 2. The third-order valence-corrected chi connectivity index (χ3v) is 4.00. The van der Waals surface area contributed by atoms with E-state index in [1.54, 1.807) is 5.48 Å². The van der Waals surface area contributed by atoms with Crippen LogP contribution in [0.5, 0.6) is 0 Å². The average Bonchev–Trinajstić information content (AvgIpc) is 2.61. The molecule has 1 unspecified atom stereocenters. The van der Waals surface area contributed by atoms with E-state index in [9.17, 15) is 9.59 Å². The maximum Gasteiger partial charge on any atom is 0.503 e. The first-order valence-corrected chi connectivity index (χ1v) is 8.14. The topological polar surface area (TPSA) is 136 Å². The van der Waals surface area contributed by atoms with Gasteiger partial charge in [0.05, 0.1) is 0 Å². The Morgan fingerprint density at radius 2 is 1.60 bits per heavy atom. The second-order valence-electron chi connectivity index (χ2n) is 5.84. The maximum atomic E-state index is 12.2. The Kier molecular flexibility index (Phi) is 9.02. The molecule has 1 saturated carbocycles. The van der Waals surface area contributed by atoms with E-state index in [0.29, 0.717) is 6.42 Å². The molecular formula is C17H24N2O6. The lowest BCUT2D eigenvalue weighted by Gasteiger charge is -2.24. The smallest absolute Gasteiger partial charge is 0.450 e. The summed E-state index contributed by atoms with van der Waals surface area (Å²) in [5, 5.41) is 25.6. The first-order chi connectivity index (χ1) is 11.9. The Bertz CT molecular complexity index is 554. The largest absolute Gasteiger partial charge is 0.503 e. The Morgan fingerprint density at radius 1 is 1.04 bits per heavy atom. The van der Waals surface area contributed by atoms with E-state index >= 15 is 0 Å². The van der Waals surface area contributed by atoms with Gasteiger partial charge in [0, 0.05) is 12.3 Å². The first kappa shape index (κ1) is 20.4. The van der Waals surface area contributed by atoms with Crippen molar-refractivity contribution in [3.05, 3.63) is 35.9 Å². The molecule has 0 radical (unpaired) electrons. The van der Waals surface area contributed by atoms with Crippen molar-refractivity contribution in [2.75, 3.05) is 0 Å². The number of carbonyl (C=O) groups is 3. The van der Waals surface area contributed by atoms with Crippen LogP contribution in [0.3, 0.4) is 0 Å². The lowest BCUT2D eigenvalue weighted by atomic mass is 9.88. The highest BCUT2D eigenvalue weighted by molar-refractivity contribution is 5.88. The Labute approximate surface area is 145 Å². The van der Waals surface area contributed by atoms with Gasteiger partial charge in [0.15, 0.2) is 0 Å². The SMILES string of the molecule is O=C(NC(Cc1ccccc1)C(=O)NO)C1CCCCC1.O=C(O)O. The zero-order valence-corrected chi connectivity index (χ0v) is 13.9. The van der Waals surface area contributed by atoms with Crippen LogP contribution >= 0.6 is 0 Å². The number of amides is 2. The molecule has 1 aromatic rings. The molecule has 0 aliphatic heterocycles. The molecule has 0 spiro atoms. The minimum atomic E-state index is -1.83. The van der Waals surface area contributed by atoms with E-state index in [-0.39, 0.29) is 11.8 Å². The van der Waals surface area contributed by atoms with Gasteiger partial charge < -0.3 is 15.5 Å². The van der Waals surface area contributed by atoms with Crippen molar-refractivity contribution in [2.24, 2.45) is 5.92 Å². The number of carboxylic acid groups (broad SMARTS) is 2. The molecule has 25 heavy (non-hydrogen) atoms. The molecule has 2 amide bonds. The van der Waals surface area contributed by atoms with Crippen molar-refractivity contribution < 1.29 is 29.8 Å². The number of hydroxylamine groups is 1. The van der Waals surface area contributed by atoms with Crippen molar-refractivity contribution in [2.45, 2.75) is 44.6 Å². The maximum absolute atomic E-state index is 12.2. The van der Waals surface area contributed by atoms with E-state index in [1.807, 2.05) is 30.3 Å². The third kappa shape index (κ3) is 8.16. The summed E-state index contributed by atoms with van der Waals surface area (Å²) in [6.07, 6.45) is 3.59. The van der Waals surface area contributed by atoms with Gasteiger partial charge in [0.1, 0.15) is 6.04 Å². The van der Waals surface area contributed by atoms with E-state index in [1.165, 1.54) is 6.42 Å². The highest BCUT2D eigenvalue weighted by Crippen LogP contribution is 2.23. The molecule has 138 valence electrons. The number of nitrogens with one attached hydrogen (secondary N) is 2. The van der Waals surface area contributed by atoms with Gasteiger partial charge in [-0.25, -0.2) is 10.3 Å². The molecule has 5 N–H and O–H groups in total. The molecule has 8 nitrogen and oxygen atoms in total. The van der Waals surface area contributed by atoms with Gasteiger partial charge in [-0.15, -0.1) is 0 Å². The standard InChI is InChI=1S/C16H22N2O3.CH2O3/c19-15(13-9-5-2-6-10-13)17-14(16(20)18-21)11-12-7-3-1-4-8-12;2-1(3)4/h1,3-4,7-8,13-14,21H,2,5-6,9-11H2,(H,17,19)(H,18,20);(H2,2,3,4). The van der Waals surface area contributed by atoms with Crippen LogP contribution in [0.4, 0.5) is 4.79 Å². The van der Waals surface area contributed by atoms with Gasteiger partial charge in [-0.3, -0.25) is 14.8 Å². The van der Waals surface area contributed by atoms with Crippen LogP contribution < -0.4 is 10.8 Å². The van der Waals surface area contributed by atoms with Crippen molar-refractivity contribution in [1.29, 1.82) is 0 Å². The molecule has 2 rings (SSSR count). The molecule has 0 saturated heterocycles. The zero-order valence-electron chi connectivity index (χ0n) is 13.9. The molecule has 1 aliphatic carbocycles. The number of hydrogen-bond acceptors (Lipinski definition) is 4. The van der Waals surface area contributed by atoms with Crippen LogP contribution in [0.1, 0.15) is 37.7 Å². The normalized spacial score (nSPS) is 15.2. The molecule has 8 heteroatoms. The van der Waals surface area contributed by atoms with Crippen molar-refractivity contribution in [1.82, 2.24) is 10.8 Å². The van der Waals surface area contributed by atoms with E-state index in [2.05, 4.69) is 5.32 Å². The van der Waals surface area contributed by atoms with E-state index in [4.69, 9.17) is 20.2 Å². The van der Waals surface area contributed by atoms with Gasteiger partial charge in [-0.05, 0) is 18.4 Å². The summed E-state index contributed by atoms with van der Waals surface area (Å²) in [6.45, 7) is 0. The number of rotatable bonds is 5. The number of benzene rings is 1. The summed E-state index contributed by atoms with van der Waals surface area (Å²) in [7, 11) is 0. The van der Waals surface area contributed by atoms with Gasteiger partial charge in [0.25, 0.3) is 5.91 Å². The van der Waals surface area contributed by atoms with E-state index < -0.39 is 18.1 Å². The Balaban J connectivity index is 0.000000705. The van der Waals surface area contributed by atoms with Crippen LogP contribution in [0.25, 0.3) is 0 Å². The van der Waals surface area contributed by atoms with Crippen molar-refractivity contribution in [3.63, 3.8) is 0 Å². The van der Waals surface area contributed by atoms with Gasteiger partial charge in [-0.2, -0.15) is 0 Å². The van der Waals surface area contributed by atoms with Gasteiger partial charge >= 0.3 is 6.16 Å². The molecular weight excluding hydrogens is 328 g/mol. The van der Waals surface area contributed by atoms with Crippen LogP contribution in [-0.2, 0) is 16.0 Å². The second kappa shape index (κ2) is 11.0. The van der Waals surface area contributed by atoms with Crippen LogP contribution in [0.15, 0.2) is 30.3 Å². The fraction of sp³-hybridized carbons (Fsp3) is 0.471. The fourth-order valence-electron chi connectivity index (χ4n) is 2.79. The minimum absolute atomic E-state index is 0.0106. The Morgan fingerprint density at radius 3 is 2.12 bits per heavy atom. The summed E-state index contributed by atoms with van der Waals surface area (Å²) in [5.41, 5.74) is 2.58. The molecule has 0 bridgehead atoms. The zero-order chi connectivity index (χ0) is 18.7. The fourth-order valence-corrected chi connectivity index (χ4v) is 2.79. The summed E-state index contributed by atoms with van der Waals surface area (Å²) in [4.78, 5) is 32.6. The summed E-state index contributed by atoms with van der Waals surface area (Å²) < 4.78 is 0. The highest BCUT2D eigenvalue weighted by Gasteiger charge is 2.26. The van der Waals surface area contributed by atoms with Crippen LogP contribution in [-0.4, -0.2) is 39.4 Å². The minimum Gasteiger partial charge on any atom is -0.450 e. The van der Waals surface area contributed by atoms with Crippen molar-refractivity contribution in [3.8, 4) is 0 Å². The lowest BCUT2D eigenvalue weighted by molar-refractivity contribution is -0.136. The molecule has 1 atom stereocenters. The monoisotopic (exact) mass is 352 g/mol. The highest BCUT2D eigenvalue weighted by atomic mass is 16.6. The predicted octanol–water partition coefficient (Wildman–Crippen LogP) is 2.02. The predicted molar refractivity (Wildman–Crippen MR) is 89.2 cm³/mol. The lowest BCUT2D eigenvalue weighted by Crippen LogP contribution is -2.49. The number of hydrogen-bond donors (Lipinski definition) is 5. The van der Waals surface area contributed by atoms with Gasteiger partial charge in [0.2, 0.25) is 5.91 Å². The molecule has 1 aromatic carbocycles. The summed E-state index contributed by atoms with van der Waals surface area (Å²) in [6, 6.07) is 8.70. The Hall–Kier alpha value is -2.61. The molecule has 1 fully saturated rings. The second-order valence-corrected chi connectivity index (χ2v) is 5.84. The summed E-state index contributed by atoms with van der Waals surface area (Å²) >= 11 is 0. The molecule has 1 aliphatic rings. The average molecular weight is 352 g/mol. The molecule has 0 heterocycles. The third-order valence-electron chi connectivity index (χ3n) is 4.00. The van der Waals surface area contributed by atoms with E-state index in [0.717, 1.165) is 31.2 Å². The van der Waals surface area contributed by atoms with Crippen LogP contribution in [0.2, 0.25) is 0 Å².